The molecule has 0 fully saturated rings. The van der Waals surface area contributed by atoms with Crippen LogP contribution < -0.4 is 81.8 Å². The normalized spacial score (nSPS) is 14.8. The number of nitrogen functional groups attached to an aromatic ring is 1. The van der Waals surface area contributed by atoms with Crippen LogP contribution in [0.4, 0.5) is 5.69 Å². The summed E-state index contributed by atoms with van der Waals surface area (Å²) in [6, 6.07) is -8.73. The Bertz CT molecular complexity index is 2600. The molecule has 90 heavy (non-hydrogen) atoms. The molecule has 0 radical (unpaired) electrons. The highest BCUT2D eigenvalue weighted by atomic mass is 32.1. The van der Waals surface area contributed by atoms with E-state index in [9.17, 15) is 82.4 Å². The lowest BCUT2D eigenvalue weighted by Crippen LogP contribution is -2.61. The van der Waals surface area contributed by atoms with E-state index in [0.717, 1.165) is 0 Å². The second kappa shape index (κ2) is 41.9. The maximum Gasteiger partial charge on any atom is 0.326 e. The summed E-state index contributed by atoms with van der Waals surface area (Å²) < 4.78 is 0. The first-order valence-corrected chi connectivity index (χ1v) is 30.5. The number of carbonyl (C=O) groups is 14. The molecule has 1 aromatic rings. The fourth-order valence-corrected chi connectivity index (χ4v) is 9.02. The Balaban J connectivity index is 3.40. The molecular formula is C57H95N15O17S. The molecule has 0 aliphatic carbocycles. The summed E-state index contributed by atoms with van der Waals surface area (Å²) in [6.07, 6.45) is -1.68. The van der Waals surface area contributed by atoms with Gasteiger partial charge in [-0.05, 0) is 106 Å². The third-order valence-electron chi connectivity index (χ3n) is 14.0. The number of carboxylic acids is 3. The number of benzene rings is 1. The quantitative estimate of drug-likeness (QED) is 0.0169. The topological polar surface area (TPSA) is 550 Å². The molecule has 0 aromatic heterocycles. The fraction of sp³-hybridized carbons (Fsp3) is 0.649. The number of nitrogens with one attached hydrogen (secondary N) is 10. The zero-order valence-electron chi connectivity index (χ0n) is 51.9. The second-order valence-corrected chi connectivity index (χ2v) is 23.1. The summed E-state index contributed by atoms with van der Waals surface area (Å²) in [7, 11) is 0. The van der Waals surface area contributed by atoms with Gasteiger partial charge in [0.15, 0.2) is 0 Å². The summed E-state index contributed by atoms with van der Waals surface area (Å²) in [4.78, 5) is 185. The molecule has 0 aliphatic heterocycles. The number of hydrogen-bond donors (Lipinski definition) is 19. The third-order valence-corrected chi connectivity index (χ3v) is 14.4. The molecule has 33 heteroatoms. The van der Waals surface area contributed by atoms with Crippen LogP contribution in [0.2, 0.25) is 0 Å². The van der Waals surface area contributed by atoms with Gasteiger partial charge < -0.3 is 97.2 Å². The van der Waals surface area contributed by atoms with Crippen LogP contribution in [0.1, 0.15) is 131 Å². The van der Waals surface area contributed by atoms with Gasteiger partial charge in [-0.25, -0.2) is 4.79 Å². The molecule has 0 bridgehead atoms. The number of unbranched alkanes of at least 4 members (excludes halogenated alkanes) is 2. The van der Waals surface area contributed by atoms with Crippen LogP contribution in [0.15, 0.2) is 24.3 Å². The van der Waals surface area contributed by atoms with Crippen molar-refractivity contribution in [3.8, 4) is 0 Å². The van der Waals surface area contributed by atoms with E-state index in [1.54, 1.807) is 58.9 Å². The SMILES string of the molecule is CC[C@H](C)[C@H](N)C(=O)N[C@@H](CCCCN)C(=O)N[C@@H](CCC(=O)O)C(=O)N[C@@H](CC(N)=O)C(=O)N[C@@H](CC(C)C)C(=O)N[C@@H](CCCCN)C(=O)N[C@@H](CC(=O)O)C(=O)N[C@@H](CS)C(=O)NCC(=O)N[C@@H](CC(C)C)C(=O)N[C@@H](Cc1ccc(N)cc1)C(=O)O. The average molecular weight is 1290 g/mol. The number of anilines is 1. The minimum atomic E-state index is -1.92. The Hall–Kier alpha value is -8.17. The van der Waals surface area contributed by atoms with Gasteiger partial charge in [0.2, 0.25) is 65.0 Å². The Morgan fingerprint density at radius 1 is 0.489 bits per heavy atom. The summed E-state index contributed by atoms with van der Waals surface area (Å²) in [6.45, 7) is 9.99. The van der Waals surface area contributed by atoms with Crippen LogP contribution in [-0.4, -0.2) is 184 Å². The van der Waals surface area contributed by atoms with Crippen molar-refractivity contribution in [2.75, 3.05) is 31.1 Å². The van der Waals surface area contributed by atoms with Crippen molar-refractivity contribution >= 4 is 101 Å². The summed E-state index contributed by atoms with van der Waals surface area (Å²) >= 11 is 4.13. The van der Waals surface area contributed by atoms with E-state index in [0.29, 0.717) is 36.9 Å². The van der Waals surface area contributed by atoms with Crippen LogP contribution in [0, 0.1) is 17.8 Å². The van der Waals surface area contributed by atoms with Gasteiger partial charge in [0.25, 0.3) is 0 Å². The molecular weight excluding hydrogens is 1200 g/mol. The Morgan fingerprint density at radius 2 is 0.889 bits per heavy atom. The van der Waals surface area contributed by atoms with Crippen molar-refractivity contribution in [3.63, 3.8) is 0 Å². The molecule has 23 N–H and O–H groups in total. The zero-order chi connectivity index (χ0) is 68.4. The van der Waals surface area contributed by atoms with Crippen LogP contribution >= 0.6 is 12.6 Å². The van der Waals surface area contributed by atoms with Crippen molar-refractivity contribution in [3.05, 3.63) is 29.8 Å². The molecule has 1 rings (SSSR count). The second-order valence-electron chi connectivity index (χ2n) is 22.7. The minimum Gasteiger partial charge on any atom is -0.481 e. The Morgan fingerprint density at radius 3 is 1.31 bits per heavy atom. The number of rotatable bonds is 45. The first-order chi connectivity index (χ1) is 42.3. The number of aliphatic carboxylic acids is 3. The molecule has 0 spiro atoms. The van der Waals surface area contributed by atoms with Crippen molar-refractivity contribution in [2.24, 2.45) is 40.7 Å². The third kappa shape index (κ3) is 31.3. The standard InChI is InChI=1S/C57H95N15O17S/c1-7-31(6)47(62)56(87)67-35(13-9-11-21-59)49(80)66-36(18-19-45(75)76)51(82)69-39(25-43(61)73)54(85)68-38(23-30(4)5)53(84)65-34(12-8-10-20-58)50(81)70-40(26-46(77)78)55(86)72-42(28-90)48(79)63-27-44(74)64-37(22-29(2)3)52(83)71-41(57(88)89)24-32-14-16-33(60)17-15-32/h14-17,29-31,34-42,47,90H,7-13,18-28,58-60,62H2,1-6H3,(H2,61,73)(H,63,79)(H,64,74)(H,65,84)(H,66,80)(H,67,87)(H,68,85)(H,69,82)(H,70,81)(H,71,83)(H,72,86)(H,75,76)(H,77,78)(H,88,89)/t31-,34-,35-,36-,37-,38-,39-,40-,41-,42-,47-/m0/s1. The average Bonchev–Trinajstić information content (AvgIpc) is 1.96. The van der Waals surface area contributed by atoms with E-state index in [1.165, 1.54) is 0 Å². The molecule has 506 valence electrons. The zero-order valence-corrected chi connectivity index (χ0v) is 52.8. The van der Waals surface area contributed by atoms with E-state index in [-0.39, 0.29) is 69.4 Å². The first kappa shape index (κ1) is 79.8. The lowest BCUT2D eigenvalue weighted by Gasteiger charge is -2.28. The van der Waals surface area contributed by atoms with Crippen LogP contribution in [0.3, 0.4) is 0 Å². The van der Waals surface area contributed by atoms with E-state index in [4.69, 9.17) is 28.7 Å². The van der Waals surface area contributed by atoms with E-state index >= 15 is 0 Å². The number of carbonyl (C=O) groups excluding carboxylic acids is 11. The van der Waals surface area contributed by atoms with Gasteiger partial charge in [0, 0.05) is 24.3 Å². The summed E-state index contributed by atoms with van der Waals surface area (Å²) in [5.74, 6) is -16.7. The smallest absolute Gasteiger partial charge is 0.326 e. The van der Waals surface area contributed by atoms with Gasteiger partial charge in [0.1, 0.15) is 54.4 Å². The predicted molar refractivity (Wildman–Crippen MR) is 332 cm³/mol. The van der Waals surface area contributed by atoms with Crippen LogP contribution in [0.25, 0.3) is 0 Å². The number of amides is 11. The lowest BCUT2D eigenvalue weighted by atomic mass is 9.98. The van der Waals surface area contributed by atoms with Gasteiger partial charge in [-0.3, -0.25) is 62.3 Å². The Labute approximate surface area is 528 Å². The molecule has 0 saturated carbocycles. The van der Waals surface area contributed by atoms with E-state index in [2.05, 4.69) is 65.8 Å². The largest absolute Gasteiger partial charge is 0.481 e. The highest BCUT2D eigenvalue weighted by Gasteiger charge is 2.37. The molecule has 0 aliphatic rings. The number of thiol groups is 1. The number of primary amides is 1. The van der Waals surface area contributed by atoms with Crippen molar-refractivity contribution in [1.29, 1.82) is 0 Å². The van der Waals surface area contributed by atoms with Gasteiger partial charge >= 0.3 is 17.9 Å². The Kier molecular flexibility index (Phi) is 37.2. The maximum atomic E-state index is 14.2. The van der Waals surface area contributed by atoms with Crippen LogP contribution in [-0.2, 0) is 73.5 Å². The summed E-state index contributed by atoms with van der Waals surface area (Å²) in [5.41, 5.74) is 29.7. The van der Waals surface area contributed by atoms with Gasteiger partial charge in [-0.1, -0.05) is 60.1 Å². The van der Waals surface area contributed by atoms with Crippen molar-refractivity contribution in [2.45, 2.75) is 192 Å². The molecule has 0 saturated heterocycles. The monoisotopic (exact) mass is 1290 g/mol. The van der Waals surface area contributed by atoms with Gasteiger partial charge in [-0.2, -0.15) is 12.6 Å². The molecule has 0 heterocycles. The predicted octanol–water partition coefficient (Wildman–Crippen LogP) is -3.76. The molecule has 11 amide bonds. The number of carboxylic acid groups (broad SMARTS) is 3. The first-order valence-electron chi connectivity index (χ1n) is 29.8. The molecule has 0 unspecified atom stereocenters. The fourth-order valence-electron chi connectivity index (χ4n) is 8.77. The lowest BCUT2D eigenvalue weighted by molar-refractivity contribution is -0.142. The van der Waals surface area contributed by atoms with Crippen molar-refractivity contribution in [1.82, 2.24) is 53.2 Å². The van der Waals surface area contributed by atoms with Crippen molar-refractivity contribution < 1.29 is 82.4 Å². The molecule has 11 atom stereocenters. The molecule has 1 aromatic carbocycles. The summed E-state index contributed by atoms with van der Waals surface area (Å²) in [5, 5.41) is 53.2. The maximum absolute atomic E-state index is 14.2. The number of hydrogen-bond acceptors (Lipinski definition) is 19. The number of nitrogens with two attached hydrogens (primary N) is 5. The van der Waals surface area contributed by atoms with Gasteiger partial charge in [-0.15, -0.1) is 0 Å². The highest BCUT2D eigenvalue weighted by Crippen LogP contribution is 2.14. The molecule has 32 nitrogen and oxygen atoms in total. The minimum absolute atomic E-state index is 0.0408. The van der Waals surface area contributed by atoms with E-state index in [1.807, 2.05) is 6.92 Å². The van der Waals surface area contributed by atoms with Gasteiger partial charge in [0.05, 0.1) is 25.4 Å². The highest BCUT2D eigenvalue weighted by molar-refractivity contribution is 7.80. The van der Waals surface area contributed by atoms with E-state index < -0.39 is 181 Å². The van der Waals surface area contributed by atoms with Crippen LogP contribution in [0.5, 0.6) is 0 Å².